The quantitative estimate of drug-likeness (QED) is 0.397. The molecule has 1 aromatic carbocycles. The summed E-state index contributed by atoms with van der Waals surface area (Å²) < 4.78 is 2.14. The Morgan fingerprint density at radius 3 is 2.79 bits per heavy atom. The van der Waals surface area contributed by atoms with Gasteiger partial charge in [0.05, 0.1) is 16.8 Å². The average molecular weight is 481 g/mol. The van der Waals surface area contributed by atoms with Crippen molar-refractivity contribution in [2.45, 2.75) is 50.7 Å². The lowest BCUT2D eigenvalue weighted by molar-refractivity contribution is -0.113. The number of aryl methyl sites for hydroxylation is 1. The fourth-order valence-electron chi connectivity index (χ4n) is 4.44. The molecule has 170 valence electrons. The number of benzene rings is 1. The summed E-state index contributed by atoms with van der Waals surface area (Å²) >= 11 is 2.68. The second-order valence-corrected chi connectivity index (χ2v) is 10.4. The number of nitrogens with zero attached hydrogens (tertiary/aromatic N) is 4. The second kappa shape index (κ2) is 8.75. The van der Waals surface area contributed by atoms with Crippen molar-refractivity contribution >= 4 is 62.0 Å². The molecule has 3 heterocycles. The van der Waals surface area contributed by atoms with E-state index in [1.807, 2.05) is 18.2 Å². The average Bonchev–Trinajstić information content (AvgIpc) is 3.32. The maximum atomic E-state index is 12.7. The standard InChI is InChI=1S/C23H24N6O2S2/c1-12(2)29-15-9-5-3-7-13(15)19-21(29)26-23(28-27-19)32-11-17(30)25-22-18(20(24)31)14-8-4-6-10-16(14)33-22/h3,5,7,9,12H,4,6,8,10-11H2,1-2H3,(H2,24,31)(H,25,30). The fourth-order valence-corrected chi connectivity index (χ4v) is 6.33. The normalized spacial score (nSPS) is 13.5. The van der Waals surface area contributed by atoms with Crippen LogP contribution in [0.2, 0.25) is 0 Å². The Morgan fingerprint density at radius 2 is 2.00 bits per heavy atom. The van der Waals surface area contributed by atoms with Gasteiger partial charge in [0, 0.05) is 16.3 Å². The van der Waals surface area contributed by atoms with Crippen LogP contribution in [-0.4, -0.2) is 37.3 Å². The molecule has 33 heavy (non-hydrogen) atoms. The van der Waals surface area contributed by atoms with E-state index in [9.17, 15) is 9.59 Å². The number of amides is 2. The van der Waals surface area contributed by atoms with Gasteiger partial charge in [0.2, 0.25) is 11.1 Å². The van der Waals surface area contributed by atoms with Crippen molar-refractivity contribution in [3.05, 3.63) is 40.3 Å². The van der Waals surface area contributed by atoms with Gasteiger partial charge in [0.1, 0.15) is 10.5 Å². The van der Waals surface area contributed by atoms with Gasteiger partial charge in [-0.15, -0.1) is 21.5 Å². The number of nitrogens with one attached hydrogen (secondary N) is 1. The summed E-state index contributed by atoms with van der Waals surface area (Å²) in [7, 11) is 0. The minimum absolute atomic E-state index is 0.107. The van der Waals surface area contributed by atoms with Crippen molar-refractivity contribution in [2.75, 3.05) is 11.1 Å². The van der Waals surface area contributed by atoms with Gasteiger partial charge in [0.15, 0.2) is 5.65 Å². The number of carbonyl (C=O) groups excluding carboxylic acids is 2. The van der Waals surface area contributed by atoms with Crippen LogP contribution in [0, 0.1) is 0 Å². The van der Waals surface area contributed by atoms with Crippen LogP contribution in [-0.2, 0) is 17.6 Å². The van der Waals surface area contributed by atoms with Crippen molar-refractivity contribution < 1.29 is 9.59 Å². The molecule has 0 fully saturated rings. The number of anilines is 1. The Morgan fingerprint density at radius 1 is 1.21 bits per heavy atom. The van der Waals surface area contributed by atoms with Crippen LogP contribution in [0.15, 0.2) is 29.4 Å². The molecule has 8 nitrogen and oxygen atoms in total. The zero-order valence-corrected chi connectivity index (χ0v) is 20.1. The van der Waals surface area contributed by atoms with Gasteiger partial charge < -0.3 is 15.6 Å². The molecule has 1 aliphatic carbocycles. The first-order chi connectivity index (χ1) is 15.9. The first-order valence-corrected chi connectivity index (χ1v) is 12.7. The van der Waals surface area contributed by atoms with Crippen molar-refractivity contribution in [3.8, 4) is 0 Å². The van der Waals surface area contributed by atoms with Gasteiger partial charge in [-0.3, -0.25) is 9.59 Å². The molecule has 0 atom stereocenters. The van der Waals surface area contributed by atoms with E-state index in [0.29, 0.717) is 15.7 Å². The molecule has 0 bridgehead atoms. The number of carbonyl (C=O) groups is 2. The van der Waals surface area contributed by atoms with Crippen LogP contribution in [0.5, 0.6) is 0 Å². The second-order valence-electron chi connectivity index (χ2n) is 8.36. The number of thiophene rings is 1. The summed E-state index contributed by atoms with van der Waals surface area (Å²) in [5.41, 5.74) is 9.66. The molecule has 0 aliphatic heterocycles. The molecule has 0 radical (unpaired) electrons. The summed E-state index contributed by atoms with van der Waals surface area (Å²) in [6.07, 6.45) is 3.88. The minimum atomic E-state index is -0.489. The van der Waals surface area contributed by atoms with Crippen molar-refractivity contribution in [1.82, 2.24) is 19.7 Å². The highest BCUT2D eigenvalue weighted by Crippen LogP contribution is 2.38. The fraction of sp³-hybridized carbons (Fsp3) is 0.348. The molecule has 5 rings (SSSR count). The van der Waals surface area contributed by atoms with E-state index in [0.717, 1.165) is 58.2 Å². The minimum Gasteiger partial charge on any atom is -0.365 e. The smallest absolute Gasteiger partial charge is 0.251 e. The van der Waals surface area contributed by atoms with E-state index in [-0.39, 0.29) is 17.7 Å². The van der Waals surface area contributed by atoms with E-state index in [4.69, 9.17) is 10.7 Å². The van der Waals surface area contributed by atoms with E-state index in [1.54, 1.807) is 0 Å². The van der Waals surface area contributed by atoms with Crippen LogP contribution in [0.25, 0.3) is 22.1 Å². The monoisotopic (exact) mass is 480 g/mol. The Balaban J connectivity index is 1.37. The van der Waals surface area contributed by atoms with Gasteiger partial charge in [-0.1, -0.05) is 30.0 Å². The molecule has 4 aromatic rings. The molecule has 0 saturated carbocycles. The van der Waals surface area contributed by atoms with Gasteiger partial charge in [-0.2, -0.15) is 0 Å². The Hall–Kier alpha value is -2.98. The number of aromatic nitrogens is 4. The Kier molecular flexibility index (Phi) is 5.79. The molecular weight excluding hydrogens is 456 g/mol. The number of primary amides is 1. The van der Waals surface area contributed by atoms with Crippen LogP contribution in [0.1, 0.15) is 53.5 Å². The number of hydrogen-bond acceptors (Lipinski definition) is 7. The summed E-state index contributed by atoms with van der Waals surface area (Å²) in [4.78, 5) is 30.6. The largest absolute Gasteiger partial charge is 0.365 e. The van der Waals surface area contributed by atoms with Crippen LogP contribution < -0.4 is 11.1 Å². The number of para-hydroxylation sites is 1. The lowest BCUT2D eigenvalue weighted by Crippen LogP contribution is -2.19. The third-order valence-corrected chi connectivity index (χ3v) is 7.86. The molecule has 1 aliphatic rings. The Bertz CT molecular complexity index is 1390. The highest BCUT2D eigenvalue weighted by Gasteiger charge is 2.25. The molecule has 0 saturated heterocycles. The van der Waals surface area contributed by atoms with Crippen LogP contribution in [0.3, 0.4) is 0 Å². The third kappa shape index (κ3) is 3.97. The summed E-state index contributed by atoms with van der Waals surface area (Å²) in [5, 5.41) is 13.5. The first kappa shape index (κ1) is 21.8. The molecule has 0 spiro atoms. The molecule has 10 heteroatoms. The maximum Gasteiger partial charge on any atom is 0.251 e. The van der Waals surface area contributed by atoms with Crippen molar-refractivity contribution in [2.24, 2.45) is 5.73 Å². The van der Waals surface area contributed by atoms with Gasteiger partial charge in [-0.25, -0.2) is 4.98 Å². The van der Waals surface area contributed by atoms with Crippen molar-refractivity contribution in [3.63, 3.8) is 0 Å². The van der Waals surface area contributed by atoms with E-state index >= 15 is 0 Å². The number of thioether (sulfide) groups is 1. The maximum absolute atomic E-state index is 12.7. The van der Waals surface area contributed by atoms with E-state index in [1.165, 1.54) is 23.1 Å². The summed E-state index contributed by atoms with van der Waals surface area (Å²) in [6.45, 7) is 4.20. The Labute approximate surface area is 199 Å². The zero-order valence-electron chi connectivity index (χ0n) is 18.4. The lowest BCUT2D eigenvalue weighted by Gasteiger charge is -2.11. The lowest BCUT2D eigenvalue weighted by atomic mass is 9.95. The zero-order chi connectivity index (χ0) is 23.1. The molecule has 3 N–H and O–H groups in total. The summed E-state index contributed by atoms with van der Waals surface area (Å²) in [5.74, 6) is -0.610. The highest BCUT2D eigenvalue weighted by molar-refractivity contribution is 7.99. The third-order valence-electron chi connectivity index (χ3n) is 5.82. The molecule has 2 amide bonds. The number of rotatable bonds is 6. The predicted molar refractivity (Wildman–Crippen MR) is 132 cm³/mol. The van der Waals surface area contributed by atoms with Crippen molar-refractivity contribution in [1.29, 1.82) is 0 Å². The number of hydrogen-bond donors (Lipinski definition) is 2. The SMILES string of the molecule is CC(C)n1c2ccccc2c2nnc(SCC(=O)Nc3sc4c(c3C(N)=O)CCCC4)nc21. The number of fused-ring (bicyclic) bond motifs is 4. The summed E-state index contributed by atoms with van der Waals surface area (Å²) in [6, 6.07) is 8.24. The van der Waals surface area contributed by atoms with Crippen LogP contribution >= 0.6 is 23.1 Å². The van der Waals surface area contributed by atoms with Gasteiger partial charge in [0.25, 0.3) is 5.91 Å². The molecule has 3 aromatic heterocycles. The highest BCUT2D eigenvalue weighted by atomic mass is 32.2. The molecular formula is C23H24N6O2S2. The topological polar surface area (TPSA) is 116 Å². The van der Waals surface area contributed by atoms with E-state index in [2.05, 4.69) is 40.0 Å². The van der Waals surface area contributed by atoms with Gasteiger partial charge >= 0.3 is 0 Å². The van der Waals surface area contributed by atoms with Crippen LogP contribution in [0.4, 0.5) is 5.00 Å². The number of nitrogens with two attached hydrogens (primary N) is 1. The first-order valence-electron chi connectivity index (χ1n) is 10.9. The molecule has 0 unspecified atom stereocenters. The van der Waals surface area contributed by atoms with E-state index < -0.39 is 5.91 Å². The predicted octanol–water partition coefficient (Wildman–Crippen LogP) is 4.33. The van der Waals surface area contributed by atoms with Gasteiger partial charge in [-0.05, 0) is 51.2 Å².